The number of aliphatic carboxylic acids is 1. The molecule has 2 rings (SSSR count). The molecule has 1 saturated carbocycles. The highest BCUT2D eigenvalue weighted by molar-refractivity contribution is 6.30. The SMILES string of the molecule is O=C(O)CC1(NC(=O)c2ccc(Cl)c(F)c2)CCCC1. The number of halogens is 2. The van der Waals surface area contributed by atoms with Gasteiger partial charge in [0.15, 0.2) is 0 Å². The average molecular weight is 300 g/mol. The van der Waals surface area contributed by atoms with Gasteiger partial charge in [-0.1, -0.05) is 24.4 Å². The Morgan fingerprint density at radius 3 is 2.55 bits per heavy atom. The van der Waals surface area contributed by atoms with Gasteiger partial charge in [-0.15, -0.1) is 0 Å². The third kappa shape index (κ3) is 3.28. The number of carboxylic acid groups (broad SMARTS) is 1. The van der Waals surface area contributed by atoms with Crippen LogP contribution in [0.15, 0.2) is 18.2 Å². The van der Waals surface area contributed by atoms with E-state index in [1.807, 2.05) is 0 Å². The first kappa shape index (κ1) is 14.8. The fraction of sp³-hybridized carbons (Fsp3) is 0.429. The van der Waals surface area contributed by atoms with Crippen LogP contribution in [0.4, 0.5) is 4.39 Å². The van der Waals surface area contributed by atoms with Gasteiger partial charge in [0.2, 0.25) is 0 Å². The molecule has 0 saturated heterocycles. The Bertz CT molecular complexity index is 541. The van der Waals surface area contributed by atoms with E-state index in [0.717, 1.165) is 18.9 Å². The number of hydrogen-bond acceptors (Lipinski definition) is 2. The zero-order chi connectivity index (χ0) is 14.8. The highest BCUT2D eigenvalue weighted by atomic mass is 35.5. The molecule has 1 aliphatic rings. The Labute approximate surface area is 120 Å². The van der Waals surface area contributed by atoms with Gasteiger partial charge in [-0.05, 0) is 31.0 Å². The molecule has 0 atom stereocenters. The summed E-state index contributed by atoms with van der Waals surface area (Å²) in [6.45, 7) is 0. The van der Waals surface area contributed by atoms with Crippen molar-refractivity contribution in [3.05, 3.63) is 34.6 Å². The van der Waals surface area contributed by atoms with Crippen LogP contribution >= 0.6 is 11.6 Å². The highest BCUT2D eigenvalue weighted by Crippen LogP contribution is 2.33. The highest BCUT2D eigenvalue weighted by Gasteiger charge is 2.37. The van der Waals surface area contributed by atoms with E-state index < -0.39 is 23.2 Å². The minimum absolute atomic E-state index is 0.0531. The number of amides is 1. The van der Waals surface area contributed by atoms with Crippen molar-refractivity contribution < 1.29 is 19.1 Å². The largest absolute Gasteiger partial charge is 0.481 e. The zero-order valence-electron chi connectivity index (χ0n) is 10.8. The molecule has 0 unspecified atom stereocenters. The summed E-state index contributed by atoms with van der Waals surface area (Å²) < 4.78 is 13.4. The molecule has 1 aliphatic carbocycles. The van der Waals surface area contributed by atoms with Crippen molar-refractivity contribution >= 4 is 23.5 Å². The van der Waals surface area contributed by atoms with Crippen LogP contribution in [0.1, 0.15) is 42.5 Å². The lowest BCUT2D eigenvalue weighted by atomic mass is 9.92. The van der Waals surface area contributed by atoms with Crippen LogP contribution in [0, 0.1) is 5.82 Å². The van der Waals surface area contributed by atoms with Crippen molar-refractivity contribution in [3.8, 4) is 0 Å². The molecule has 0 radical (unpaired) electrons. The van der Waals surface area contributed by atoms with Gasteiger partial charge in [-0.2, -0.15) is 0 Å². The summed E-state index contributed by atoms with van der Waals surface area (Å²) in [5.41, 5.74) is -0.581. The zero-order valence-corrected chi connectivity index (χ0v) is 11.5. The number of carboxylic acids is 1. The molecular formula is C14H15ClFNO3. The van der Waals surface area contributed by atoms with Gasteiger partial charge < -0.3 is 10.4 Å². The van der Waals surface area contributed by atoms with Crippen molar-refractivity contribution in [1.82, 2.24) is 5.32 Å². The third-order valence-corrected chi connectivity index (χ3v) is 3.92. The Balaban J connectivity index is 2.16. The molecule has 0 heterocycles. The van der Waals surface area contributed by atoms with Gasteiger partial charge in [0.1, 0.15) is 5.82 Å². The molecular weight excluding hydrogens is 285 g/mol. The quantitative estimate of drug-likeness (QED) is 0.898. The molecule has 0 spiro atoms. The molecule has 2 N–H and O–H groups in total. The van der Waals surface area contributed by atoms with E-state index in [0.29, 0.717) is 12.8 Å². The first-order chi connectivity index (χ1) is 9.42. The first-order valence-electron chi connectivity index (χ1n) is 6.41. The van der Waals surface area contributed by atoms with Gasteiger partial charge in [0.05, 0.1) is 17.0 Å². The summed E-state index contributed by atoms with van der Waals surface area (Å²) in [5.74, 6) is -2.09. The second-order valence-electron chi connectivity index (χ2n) is 5.14. The van der Waals surface area contributed by atoms with Crippen LogP contribution in [0.25, 0.3) is 0 Å². The first-order valence-corrected chi connectivity index (χ1v) is 6.79. The molecule has 1 amide bonds. The Kier molecular flexibility index (Phi) is 4.28. The number of benzene rings is 1. The van der Waals surface area contributed by atoms with Crippen LogP contribution in [0.3, 0.4) is 0 Å². The molecule has 108 valence electrons. The van der Waals surface area contributed by atoms with Gasteiger partial charge >= 0.3 is 5.97 Å². The number of nitrogens with one attached hydrogen (secondary N) is 1. The fourth-order valence-corrected chi connectivity index (χ4v) is 2.76. The topological polar surface area (TPSA) is 66.4 Å². The molecule has 1 aromatic carbocycles. The van der Waals surface area contributed by atoms with Crippen LogP contribution in [0.5, 0.6) is 0 Å². The molecule has 4 nitrogen and oxygen atoms in total. The molecule has 20 heavy (non-hydrogen) atoms. The lowest BCUT2D eigenvalue weighted by molar-refractivity contribution is -0.138. The van der Waals surface area contributed by atoms with E-state index in [-0.39, 0.29) is 17.0 Å². The summed E-state index contributed by atoms with van der Waals surface area (Å²) in [4.78, 5) is 23.1. The maximum atomic E-state index is 13.4. The molecule has 0 bridgehead atoms. The number of carbonyl (C=O) groups is 2. The number of carbonyl (C=O) groups excluding carboxylic acids is 1. The van der Waals surface area contributed by atoms with Crippen LogP contribution < -0.4 is 5.32 Å². The number of hydrogen-bond donors (Lipinski definition) is 2. The van der Waals surface area contributed by atoms with E-state index in [1.165, 1.54) is 12.1 Å². The van der Waals surface area contributed by atoms with Crippen LogP contribution in [-0.4, -0.2) is 22.5 Å². The second kappa shape index (κ2) is 5.79. The van der Waals surface area contributed by atoms with Crippen LogP contribution in [-0.2, 0) is 4.79 Å². The maximum Gasteiger partial charge on any atom is 0.305 e. The van der Waals surface area contributed by atoms with Gasteiger partial charge in [0, 0.05) is 5.56 Å². The summed E-state index contributed by atoms with van der Waals surface area (Å²) in [7, 11) is 0. The van der Waals surface area contributed by atoms with Gasteiger partial charge in [-0.3, -0.25) is 9.59 Å². The minimum Gasteiger partial charge on any atom is -0.481 e. The molecule has 1 fully saturated rings. The van der Waals surface area contributed by atoms with E-state index in [9.17, 15) is 14.0 Å². The normalized spacial score (nSPS) is 16.9. The van der Waals surface area contributed by atoms with E-state index in [4.69, 9.17) is 16.7 Å². The summed E-state index contributed by atoms with van der Waals surface area (Å²) in [6.07, 6.45) is 2.89. The summed E-state index contributed by atoms with van der Waals surface area (Å²) in [5, 5.41) is 11.7. The minimum atomic E-state index is -0.950. The lowest BCUT2D eigenvalue weighted by Gasteiger charge is -2.28. The van der Waals surface area contributed by atoms with E-state index in [1.54, 1.807) is 0 Å². The molecule has 0 aliphatic heterocycles. The van der Waals surface area contributed by atoms with Gasteiger partial charge in [0.25, 0.3) is 5.91 Å². The Hall–Kier alpha value is -1.62. The predicted octanol–water partition coefficient (Wildman–Crippen LogP) is 3.00. The summed E-state index contributed by atoms with van der Waals surface area (Å²) >= 11 is 5.57. The average Bonchev–Trinajstić information content (AvgIpc) is 2.79. The fourth-order valence-electron chi connectivity index (χ4n) is 2.64. The van der Waals surface area contributed by atoms with Crippen molar-refractivity contribution in [3.63, 3.8) is 0 Å². The van der Waals surface area contributed by atoms with Crippen molar-refractivity contribution in [2.24, 2.45) is 0 Å². The number of rotatable bonds is 4. The van der Waals surface area contributed by atoms with E-state index >= 15 is 0 Å². The lowest BCUT2D eigenvalue weighted by Crippen LogP contribution is -2.47. The monoisotopic (exact) mass is 299 g/mol. The Morgan fingerprint density at radius 1 is 1.35 bits per heavy atom. The van der Waals surface area contributed by atoms with E-state index in [2.05, 4.69) is 5.32 Å². The maximum absolute atomic E-state index is 13.4. The van der Waals surface area contributed by atoms with Crippen LogP contribution in [0.2, 0.25) is 5.02 Å². The molecule has 0 aromatic heterocycles. The second-order valence-corrected chi connectivity index (χ2v) is 5.55. The summed E-state index contributed by atoms with van der Waals surface area (Å²) in [6, 6.07) is 3.79. The standard InChI is InChI=1S/C14H15ClFNO3/c15-10-4-3-9(7-11(10)16)13(20)17-14(8-12(18)19)5-1-2-6-14/h3-4,7H,1-2,5-6,8H2,(H,17,20)(H,18,19). The Morgan fingerprint density at radius 2 is 2.00 bits per heavy atom. The van der Waals surface area contributed by atoms with Crippen molar-refractivity contribution in [2.45, 2.75) is 37.6 Å². The predicted molar refractivity (Wildman–Crippen MR) is 72.3 cm³/mol. The molecule has 1 aromatic rings. The van der Waals surface area contributed by atoms with Gasteiger partial charge in [-0.25, -0.2) is 4.39 Å². The molecule has 6 heteroatoms. The van der Waals surface area contributed by atoms with Crippen molar-refractivity contribution in [1.29, 1.82) is 0 Å². The third-order valence-electron chi connectivity index (χ3n) is 3.61. The smallest absolute Gasteiger partial charge is 0.305 e. The van der Waals surface area contributed by atoms with Crippen molar-refractivity contribution in [2.75, 3.05) is 0 Å².